The number of esters is 1. The number of hydrogen-bond donors (Lipinski definition) is 3. The summed E-state index contributed by atoms with van der Waals surface area (Å²) < 4.78 is 15.9. The average molecular weight is 618 g/mol. The van der Waals surface area contributed by atoms with Crippen LogP contribution in [0.1, 0.15) is 33.9 Å². The van der Waals surface area contributed by atoms with E-state index in [1.807, 2.05) is 84.9 Å². The van der Waals surface area contributed by atoms with E-state index in [-0.39, 0.29) is 25.5 Å². The van der Waals surface area contributed by atoms with Gasteiger partial charge in [-0.1, -0.05) is 78.9 Å². The molecule has 3 N–H and O–H groups in total. The summed E-state index contributed by atoms with van der Waals surface area (Å²) in [5.74, 6) is -0.463. The average Bonchev–Trinajstić information content (AvgIpc) is 3.60. The normalized spacial score (nSPS) is 12.6. The molecule has 5 aromatic rings. The zero-order valence-corrected chi connectivity index (χ0v) is 25.7. The number of aromatic amines is 1. The van der Waals surface area contributed by atoms with E-state index in [0.717, 1.165) is 55.7 Å². The number of amides is 2. The van der Waals surface area contributed by atoms with Crippen LogP contribution in [-0.4, -0.2) is 56.4 Å². The van der Waals surface area contributed by atoms with Crippen molar-refractivity contribution in [2.75, 3.05) is 27.4 Å². The van der Waals surface area contributed by atoms with Crippen LogP contribution in [0.4, 0.5) is 4.79 Å². The summed E-state index contributed by atoms with van der Waals surface area (Å²) >= 11 is 0. The molecule has 9 nitrogen and oxygen atoms in total. The van der Waals surface area contributed by atoms with Crippen LogP contribution in [0.5, 0.6) is 5.75 Å². The molecular formula is C37H35N3O6. The second-order valence-corrected chi connectivity index (χ2v) is 11.2. The number of carbonyl (C=O) groups is 3. The van der Waals surface area contributed by atoms with E-state index < -0.39 is 24.0 Å². The molecule has 234 valence electrons. The summed E-state index contributed by atoms with van der Waals surface area (Å²) in [7, 11) is 2.91. The molecule has 1 heterocycles. The fraction of sp³-hybridized carbons (Fsp3) is 0.216. The summed E-state index contributed by atoms with van der Waals surface area (Å²) in [5, 5.41) is 6.21. The summed E-state index contributed by atoms with van der Waals surface area (Å²) in [6.45, 7) is -0.236. The highest BCUT2D eigenvalue weighted by molar-refractivity contribution is 5.89. The van der Waals surface area contributed by atoms with Crippen LogP contribution in [-0.2, 0) is 31.9 Å². The Morgan fingerprint density at radius 1 is 0.826 bits per heavy atom. The number of nitrogens with one attached hydrogen (secondary N) is 3. The number of para-hydroxylation sites is 1. The van der Waals surface area contributed by atoms with Crippen molar-refractivity contribution in [3.05, 3.63) is 125 Å². The minimum Gasteiger partial charge on any atom is -0.497 e. The Morgan fingerprint density at radius 2 is 1.48 bits per heavy atom. The number of fused-ring (bicyclic) bond motifs is 4. The lowest BCUT2D eigenvalue weighted by Crippen LogP contribution is -2.47. The predicted octanol–water partition coefficient (Wildman–Crippen LogP) is 5.51. The van der Waals surface area contributed by atoms with Crippen molar-refractivity contribution in [2.45, 2.75) is 24.8 Å². The second-order valence-electron chi connectivity index (χ2n) is 11.2. The molecule has 2 amide bonds. The van der Waals surface area contributed by atoms with Crippen LogP contribution < -0.4 is 15.4 Å². The van der Waals surface area contributed by atoms with Crippen LogP contribution >= 0.6 is 0 Å². The lowest BCUT2D eigenvalue weighted by atomic mass is 9.98. The SMILES string of the molecule is COC(=O)[C@H](Cc1c(Cc2ccc(OC)cc2)[nH]c2ccccc12)NC(=O)CNC(=O)OCC1c2ccccc2-c2ccccc21. The van der Waals surface area contributed by atoms with Gasteiger partial charge in [-0.3, -0.25) is 4.79 Å². The number of methoxy groups -OCH3 is 2. The van der Waals surface area contributed by atoms with Gasteiger partial charge in [0.2, 0.25) is 5.91 Å². The first kappa shape index (κ1) is 30.5. The summed E-state index contributed by atoms with van der Waals surface area (Å²) in [4.78, 5) is 42.0. The summed E-state index contributed by atoms with van der Waals surface area (Å²) in [5.41, 5.74) is 8.24. The van der Waals surface area contributed by atoms with E-state index in [4.69, 9.17) is 14.2 Å². The van der Waals surface area contributed by atoms with E-state index in [1.54, 1.807) is 7.11 Å². The van der Waals surface area contributed by atoms with Gasteiger partial charge in [0.05, 0.1) is 14.2 Å². The first-order valence-electron chi connectivity index (χ1n) is 15.1. The third kappa shape index (κ3) is 6.44. The van der Waals surface area contributed by atoms with E-state index in [9.17, 15) is 14.4 Å². The number of carbonyl (C=O) groups excluding carboxylic acids is 3. The molecule has 0 bridgehead atoms. The highest BCUT2D eigenvalue weighted by atomic mass is 16.5. The predicted molar refractivity (Wildman–Crippen MR) is 175 cm³/mol. The van der Waals surface area contributed by atoms with Gasteiger partial charge in [0.1, 0.15) is 24.9 Å². The Kier molecular flexibility index (Phi) is 9.01. The van der Waals surface area contributed by atoms with Crippen LogP contribution in [0.3, 0.4) is 0 Å². The first-order chi connectivity index (χ1) is 22.4. The van der Waals surface area contributed by atoms with Crippen LogP contribution in [0.15, 0.2) is 97.1 Å². The number of benzene rings is 4. The van der Waals surface area contributed by atoms with Crippen LogP contribution in [0.2, 0.25) is 0 Å². The van der Waals surface area contributed by atoms with E-state index in [2.05, 4.69) is 27.8 Å². The zero-order chi connectivity index (χ0) is 32.0. The molecule has 0 saturated carbocycles. The molecule has 1 aromatic heterocycles. The first-order valence-corrected chi connectivity index (χ1v) is 15.1. The lowest BCUT2D eigenvalue weighted by molar-refractivity contribution is -0.144. The van der Waals surface area contributed by atoms with Gasteiger partial charge in [-0.05, 0) is 51.6 Å². The molecule has 0 saturated heterocycles. The van der Waals surface area contributed by atoms with Gasteiger partial charge in [-0.2, -0.15) is 0 Å². The monoisotopic (exact) mass is 617 g/mol. The van der Waals surface area contributed by atoms with Crippen molar-refractivity contribution in [1.82, 2.24) is 15.6 Å². The number of ether oxygens (including phenoxy) is 3. The fourth-order valence-electron chi connectivity index (χ4n) is 6.17. The maximum atomic E-state index is 13.0. The highest BCUT2D eigenvalue weighted by Gasteiger charge is 2.29. The van der Waals surface area contributed by atoms with Crippen LogP contribution in [0, 0.1) is 0 Å². The van der Waals surface area contributed by atoms with Gasteiger partial charge in [0.25, 0.3) is 0 Å². The van der Waals surface area contributed by atoms with Crippen molar-refractivity contribution >= 4 is 28.9 Å². The van der Waals surface area contributed by atoms with Crippen molar-refractivity contribution in [1.29, 1.82) is 0 Å². The largest absolute Gasteiger partial charge is 0.497 e. The fourth-order valence-corrected chi connectivity index (χ4v) is 6.17. The van der Waals surface area contributed by atoms with Gasteiger partial charge in [-0.15, -0.1) is 0 Å². The molecule has 0 unspecified atom stereocenters. The Labute approximate surface area is 266 Å². The molecule has 0 aliphatic heterocycles. The topological polar surface area (TPSA) is 119 Å². The molecule has 1 aliphatic carbocycles. The van der Waals surface area contributed by atoms with E-state index in [0.29, 0.717) is 6.42 Å². The molecule has 4 aromatic carbocycles. The minimum atomic E-state index is -0.976. The Bertz CT molecular complexity index is 1830. The molecule has 0 radical (unpaired) electrons. The molecule has 1 aliphatic rings. The summed E-state index contributed by atoms with van der Waals surface area (Å²) in [6.07, 6.45) is 0.0583. The molecular weight excluding hydrogens is 582 g/mol. The summed E-state index contributed by atoms with van der Waals surface area (Å²) in [6, 6.07) is 30.8. The van der Waals surface area contributed by atoms with Crippen LogP contribution in [0.25, 0.3) is 22.0 Å². The van der Waals surface area contributed by atoms with Gasteiger partial charge in [0.15, 0.2) is 0 Å². The number of rotatable bonds is 11. The van der Waals surface area contributed by atoms with Gasteiger partial charge in [0, 0.05) is 35.4 Å². The minimum absolute atomic E-state index is 0.0982. The molecule has 1 atom stereocenters. The van der Waals surface area contributed by atoms with Gasteiger partial charge in [-0.25, -0.2) is 9.59 Å². The van der Waals surface area contributed by atoms with Crippen molar-refractivity contribution in [3.8, 4) is 16.9 Å². The number of H-pyrrole nitrogens is 1. The van der Waals surface area contributed by atoms with Crippen molar-refractivity contribution in [3.63, 3.8) is 0 Å². The third-order valence-electron chi connectivity index (χ3n) is 8.41. The maximum absolute atomic E-state index is 13.0. The Balaban J connectivity index is 1.10. The molecule has 0 fully saturated rings. The molecule has 0 spiro atoms. The standard InChI is InChI=1S/C37H35N3O6/c1-44-24-17-15-23(16-18-24)19-33-30(29-13-7-8-14-32(29)39-33)20-34(36(42)45-2)40-35(41)21-38-37(43)46-22-31-27-11-5-3-9-25(27)26-10-4-6-12-28(26)31/h3-18,31,34,39H,19-22H2,1-2H3,(H,38,43)(H,40,41)/t34-/m0/s1. The second kappa shape index (κ2) is 13.6. The number of aromatic nitrogens is 1. The van der Waals surface area contributed by atoms with Gasteiger partial charge >= 0.3 is 12.1 Å². The highest BCUT2D eigenvalue weighted by Crippen LogP contribution is 2.44. The lowest BCUT2D eigenvalue weighted by Gasteiger charge is -2.18. The van der Waals surface area contributed by atoms with Crippen molar-refractivity contribution < 1.29 is 28.6 Å². The Morgan fingerprint density at radius 3 is 2.15 bits per heavy atom. The third-order valence-corrected chi connectivity index (χ3v) is 8.41. The quantitative estimate of drug-likeness (QED) is 0.168. The zero-order valence-electron chi connectivity index (χ0n) is 25.7. The molecule has 46 heavy (non-hydrogen) atoms. The maximum Gasteiger partial charge on any atom is 0.407 e. The van der Waals surface area contributed by atoms with Crippen molar-refractivity contribution in [2.24, 2.45) is 0 Å². The number of alkyl carbamates (subject to hydrolysis) is 1. The smallest absolute Gasteiger partial charge is 0.407 e. The Hall–Kier alpha value is -5.57. The van der Waals surface area contributed by atoms with E-state index in [1.165, 1.54) is 7.11 Å². The molecule has 9 heteroatoms. The number of hydrogen-bond acceptors (Lipinski definition) is 6. The van der Waals surface area contributed by atoms with E-state index >= 15 is 0 Å². The molecule has 6 rings (SSSR count). The van der Waals surface area contributed by atoms with Gasteiger partial charge < -0.3 is 29.8 Å².